The number of phosphoric acid groups is 1. The molecule has 358 valence electrons. The monoisotopic (exact) mass is 901 g/mol. The molecule has 0 aromatic heterocycles. The number of allylic oxidation sites excluding steroid dienone is 9. The minimum atomic E-state index is -5.15. The van der Waals surface area contributed by atoms with E-state index in [-0.39, 0.29) is 18.9 Å². The van der Waals surface area contributed by atoms with Gasteiger partial charge in [0.2, 0.25) is 0 Å². The van der Waals surface area contributed by atoms with Crippen molar-refractivity contribution >= 4 is 19.8 Å². The lowest BCUT2D eigenvalue weighted by atomic mass is 9.85. The lowest BCUT2D eigenvalue weighted by molar-refractivity contribution is -0.220. The van der Waals surface area contributed by atoms with Gasteiger partial charge in [-0.2, -0.15) is 0 Å². The Balaban J connectivity index is 2.52. The van der Waals surface area contributed by atoms with Gasteiger partial charge in [-0.05, 0) is 77.0 Å². The molecule has 0 saturated heterocycles. The van der Waals surface area contributed by atoms with E-state index in [4.69, 9.17) is 18.5 Å². The van der Waals surface area contributed by atoms with Gasteiger partial charge in [-0.1, -0.05) is 132 Å². The maximum atomic E-state index is 12.8. The van der Waals surface area contributed by atoms with Crippen molar-refractivity contribution in [1.29, 1.82) is 0 Å². The Morgan fingerprint density at radius 2 is 1.03 bits per heavy atom. The van der Waals surface area contributed by atoms with E-state index >= 15 is 0 Å². The first-order chi connectivity index (χ1) is 29.8. The van der Waals surface area contributed by atoms with Crippen LogP contribution < -0.4 is 0 Å². The molecule has 0 aromatic rings. The summed E-state index contributed by atoms with van der Waals surface area (Å²) in [5, 5.41) is 59.9. The number of esters is 2. The van der Waals surface area contributed by atoms with Crippen molar-refractivity contribution in [3.63, 3.8) is 0 Å². The average molecular weight is 901 g/mol. The van der Waals surface area contributed by atoms with Crippen LogP contribution in [0.1, 0.15) is 162 Å². The summed E-state index contributed by atoms with van der Waals surface area (Å²) >= 11 is 0. The highest BCUT2D eigenvalue weighted by molar-refractivity contribution is 7.47. The maximum Gasteiger partial charge on any atom is 0.472 e. The summed E-state index contributed by atoms with van der Waals surface area (Å²) in [5.74, 6) is -1.20. The van der Waals surface area contributed by atoms with Crippen molar-refractivity contribution in [2.24, 2.45) is 0 Å². The summed E-state index contributed by atoms with van der Waals surface area (Å²) < 4.78 is 33.4. The van der Waals surface area contributed by atoms with Crippen molar-refractivity contribution in [3.8, 4) is 0 Å². The predicted molar refractivity (Wildman–Crippen MR) is 241 cm³/mol. The SMILES string of the molecule is CCCCCCCC/C=C\CCCCCCCC(=O)OC[C@H](COP(=O)(O)OC1[C@H](O)[C@H](O)C(O)[C@H](O)[C@H]1O)OC(=O)CCC/C=C\C/C=C\C/C=C\C/C=C\CC(O)CCC. The molecule has 7 N–H and O–H groups in total. The normalized spacial score (nSPS) is 22.9. The summed E-state index contributed by atoms with van der Waals surface area (Å²) in [6.07, 6.45) is 27.7. The van der Waals surface area contributed by atoms with Crippen molar-refractivity contribution in [1.82, 2.24) is 0 Å². The van der Waals surface area contributed by atoms with Gasteiger partial charge in [0.05, 0.1) is 12.7 Å². The largest absolute Gasteiger partial charge is 0.472 e. The van der Waals surface area contributed by atoms with Gasteiger partial charge in [0.25, 0.3) is 0 Å². The molecule has 0 bridgehead atoms. The predicted octanol–water partition coefficient (Wildman–Crippen LogP) is 7.92. The van der Waals surface area contributed by atoms with Crippen LogP contribution >= 0.6 is 7.82 Å². The molecule has 15 heteroatoms. The van der Waals surface area contributed by atoms with Gasteiger partial charge in [0, 0.05) is 12.8 Å². The zero-order valence-electron chi connectivity index (χ0n) is 37.5. The van der Waals surface area contributed by atoms with Gasteiger partial charge in [-0.25, -0.2) is 4.57 Å². The quantitative estimate of drug-likeness (QED) is 0.0136. The molecule has 14 nitrogen and oxygen atoms in total. The van der Waals surface area contributed by atoms with Crippen LogP contribution in [0, 0.1) is 0 Å². The van der Waals surface area contributed by atoms with Crippen molar-refractivity contribution in [3.05, 3.63) is 60.8 Å². The Morgan fingerprint density at radius 3 is 1.61 bits per heavy atom. The zero-order chi connectivity index (χ0) is 45.9. The fourth-order valence-electron chi connectivity index (χ4n) is 6.64. The second-order valence-corrected chi connectivity index (χ2v) is 17.5. The summed E-state index contributed by atoms with van der Waals surface area (Å²) in [6.45, 7) is 3.03. The van der Waals surface area contributed by atoms with Crippen LogP contribution in [0.25, 0.3) is 0 Å². The summed E-state index contributed by atoms with van der Waals surface area (Å²) in [4.78, 5) is 35.7. The number of hydrogen-bond acceptors (Lipinski definition) is 13. The minimum absolute atomic E-state index is 0.00218. The van der Waals surface area contributed by atoms with E-state index in [0.717, 1.165) is 70.6 Å². The molecule has 1 rings (SSSR count). The highest BCUT2D eigenvalue weighted by Gasteiger charge is 2.51. The van der Waals surface area contributed by atoms with Crippen molar-refractivity contribution < 1.29 is 68.2 Å². The molecule has 0 heterocycles. The van der Waals surface area contributed by atoms with Crippen LogP contribution in [0.3, 0.4) is 0 Å². The average Bonchev–Trinajstić information content (AvgIpc) is 3.24. The second-order valence-electron chi connectivity index (χ2n) is 16.1. The molecule has 1 aliphatic rings. The number of aliphatic hydroxyl groups is 6. The number of aliphatic hydroxyl groups excluding tert-OH is 6. The fraction of sp³-hybridized carbons (Fsp3) is 0.745. The minimum Gasteiger partial charge on any atom is -0.462 e. The molecule has 0 spiro atoms. The maximum absolute atomic E-state index is 12.8. The first-order valence-corrected chi connectivity index (χ1v) is 24.7. The molecule has 4 unspecified atom stereocenters. The molecular weight excluding hydrogens is 819 g/mol. The van der Waals surface area contributed by atoms with Gasteiger partial charge in [-0.15, -0.1) is 0 Å². The lowest BCUT2D eigenvalue weighted by Crippen LogP contribution is -2.64. The van der Waals surface area contributed by atoms with E-state index in [9.17, 15) is 49.7 Å². The molecule has 0 aromatic carbocycles. The summed E-state index contributed by atoms with van der Waals surface area (Å²) in [7, 11) is -5.15. The number of phosphoric ester groups is 1. The zero-order valence-corrected chi connectivity index (χ0v) is 38.4. The van der Waals surface area contributed by atoms with E-state index in [2.05, 4.69) is 50.3 Å². The Bertz CT molecular complexity index is 1330. The first kappa shape index (κ1) is 57.5. The van der Waals surface area contributed by atoms with Crippen LogP contribution in [0.2, 0.25) is 0 Å². The van der Waals surface area contributed by atoms with Gasteiger partial charge in [-0.3, -0.25) is 18.6 Å². The van der Waals surface area contributed by atoms with E-state index < -0.39 is 75.7 Å². The Morgan fingerprint density at radius 1 is 0.565 bits per heavy atom. The number of hydrogen-bond donors (Lipinski definition) is 7. The first-order valence-electron chi connectivity index (χ1n) is 23.2. The van der Waals surface area contributed by atoms with Gasteiger partial charge in [0.15, 0.2) is 6.10 Å². The molecule has 1 aliphatic carbocycles. The fourth-order valence-corrected chi connectivity index (χ4v) is 7.61. The van der Waals surface area contributed by atoms with E-state index in [1.807, 2.05) is 24.3 Å². The standard InChI is InChI=1S/C47H81O14P/c1-3-5-6-7-8-9-10-11-12-15-18-21-24-27-30-34-40(49)58-36-39(37-59-62(56,57)61-47-45(54)43(52)42(51)44(53)46(47)55)60-41(50)35-31-28-25-22-19-16-13-14-17-20-23-26-29-33-38(48)32-4-2/h11-13,16-17,20,22,25-26,29,38-39,42-48,51-55H,3-10,14-15,18-19,21,23-24,27-28,30-37H2,1-2H3,(H,56,57)/b12-11-,16-13-,20-17-,25-22-,29-26-/t38?,39-,42?,43-,44+,45-,46-,47?/m1/s1. The molecule has 62 heavy (non-hydrogen) atoms. The van der Waals surface area contributed by atoms with E-state index in [0.29, 0.717) is 25.7 Å². The highest BCUT2D eigenvalue weighted by atomic mass is 31.2. The van der Waals surface area contributed by atoms with Crippen molar-refractivity contribution in [2.45, 2.75) is 210 Å². The third-order valence-electron chi connectivity index (χ3n) is 10.4. The second kappa shape index (κ2) is 36.8. The number of unbranched alkanes of at least 4 members (excludes halogenated alkanes) is 12. The van der Waals surface area contributed by atoms with Gasteiger partial charge in [0.1, 0.15) is 43.2 Å². The molecule has 0 aliphatic heterocycles. The molecule has 0 radical (unpaired) electrons. The van der Waals surface area contributed by atoms with Crippen LogP contribution in [0.5, 0.6) is 0 Å². The number of rotatable bonds is 37. The van der Waals surface area contributed by atoms with E-state index in [1.54, 1.807) is 0 Å². The van der Waals surface area contributed by atoms with Gasteiger partial charge >= 0.3 is 19.8 Å². The van der Waals surface area contributed by atoms with Crippen molar-refractivity contribution in [2.75, 3.05) is 13.2 Å². The Kier molecular flexibility index (Phi) is 34.2. The summed E-state index contributed by atoms with van der Waals surface area (Å²) in [6, 6.07) is 0. The van der Waals surface area contributed by atoms with Crippen LogP contribution in [-0.2, 0) is 32.7 Å². The third-order valence-corrected chi connectivity index (χ3v) is 11.4. The topological polar surface area (TPSA) is 230 Å². The highest BCUT2D eigenvalue weighted by Crippen LogP contribution is 2.47. The molecular formula is C47H81O14P. The lowest BCUT2D eigenvalue weighted by Gasteiger charge is -2.41. The van der Waals surface area contributed by atoms with Crippen LogP contribution in [0.4, 0.5) is 0 Å². The third kappa shape index (κ3) is 29.1. The number of ether oxygens (including phenoxy) is 2. The van der Waals surface area contributed by atoms with E-state index in [1.165, 1.54) is 38.5 Å². The number of carbonyl (C=O) groups excluding carboxylic acids is 2. The molecule has 1 saturated carbocycles. The van der Waals surface area contributed by atoms with Crippen LogP contribution in [0.15, 0.2) is 60.8 Å². The molecule has 0 amide bonds. The Hall–Kier alpha value is -2.49. The molecule has 1 fully saturated rings. The summed E-state index contributed by atoms with van der Waals surface area (Å²) in [5.41, 5.74) is 0. The van der Waals surface area contributed by atoms with Crippen LogP contribution in [-0.4, -0.2) is 110 Å². The van der Waals surface area contributed by atoms with Gasteiger partial charge < -0.3 is 45.0 Å². The number of carbonyl (C=O) groups is 2. The molecule has 9 atom stereocenters. The Labute approximate surface area is 371 Å². The smallest absolute Gasteiger partial charge is 0.462 e.